The Morgan fingerprint density at radius 3 is 2.71 bits per heavy atom. The lowest BCUT2D eigenvalue weighted by atomic mass is 10.1. The molecule has 3 atom stereocenters. The van der Waals surface area contributed by atoms with E-state index in [0.717, 1.165) is 19.5 Å². The largest absolute Gasteiger partial charge is 0.352 e. The Morgan fingerprint density at radius 2 is 2.21 bits per heavy atom. The van der Waals surface area contributed by atoms with Crippen molar-refractivity contribution < 1.29 is 4.79 Å². The second kappa shape index (κ2) is 5.32. The molecule has 1 aliphatic heterocycles. The third kappa shape index (κ3) is 3.27. The van der Waals surface area contributed by atoms with Crippen molar-refractivity contribution >= 4 is 5.91 Å². The number of piperazine rings is 1. The highest BCUT2D eigenvalue weighted by molar-refractivity contribution is 5.82. The summed E-state index contributed by atoms with van der Waals surface area (Å²) < 4.78 is 0. The average molecular weight is 199 g/mol. The molecule has 0 aromatic rings. The molecule has 82 valence electrons. The van der Waals surface area contributed by atoms with Gasteiger partial charge in [0.25, 0.3) is 0 Å². The van der Waals surface area contributed by atoms with Gasteiger partial charge in [-0.1, -0.05) is 6.92 Å². The highest BCUT2D eigenvalue weighted by Gasteiger charge is 2.23. The molecule has 1 heterocycles. The summed E-state index contributed by atoms with van der Waals surface area (Å²) in [7, 11) is 0. The predicted octanol–water partition coefficient (Wildman–Crippen LogP) is -0.149. The van der Waals surface area contributed by atoms with Gasteiger partial charge < -0.3 is 16.0 Å². The van der Waals surface area contributed by atoms with E-state index in [0.29, 0.717) is 6.04 Å². The molecular weight excluding hydrogens is 178 g/mol. The maximum atomic E-state index is 11.7. The zero-order valence-corrected chi connectivity index (χ0v) is 9.26. The summed E-state index contributed by atoms with van der Waals surface area (Å²) in [5, 5.41) is 9.48. The molecule has 0 aromatic carbocycles. The molecule has 0 aliphatic carbocycles. The van der Waals surface area contributed by atoms with Crippen LogP contribution in [0.1, 0.15) is 27.2 Å². The van der Waals surface area contributed by atoms with E-state index in [2.05, 4.69) is 29.8 Å². The van der Waals surface area contributed by atoms with E-state index in [4.69, 9.17) is 0 Å². The van der Waals surface area contributed by atoms with Crippen molar-refractivity contribution in [2.24, 2.45) is 0 Å². The van der Waals surface area contributed by atoms with Gasteiger partial charge in [0.2, 0.25) is 5.91 Å². The van der Waals surface area contributed by atoms with Crippen LogP contribution in [0.15, 0.2) is 0 Å². The maximum Gasteiger partial charge on any atom is 0.238 e. The van der Waals surface area contributed by atoms with Gasteiger partial charge in [0.05, 0.1) is 6.04 Å². The van der Waals surface area contributed by atoms with Gasteiger partial charge in [-0.05, 0) is 20.3 Å². The Bertz CT molecular complexity index is 188. The first-order valence-corrected chi connectivity index (χ1v) is 5.40. The van der Waals surface area contributed by atoms with Crippen molar-refractivity contribution in [3.05, 3.63) is 0 Å². The molecule has 3 unspecified atom stereocenters. The summed E-state index contributed by atoms with van der Waals surface area (Å²) in [6.45, 7) is 7.79. The van der Waals surface area contributed by atoms with Crippen LogP contribution in [0.2, 0.25) is 0 Å². The quantitative estimate of drug-likeness (QED) is 0.592. The molecule has 1 fully saturated rings. The van der Waals surface area contributed by atoms with Crippen LogP contribution in [0.25, 0.3) is 0 Å². The van der Waals surface area contributed by atoms with Crippen molar-refractivity contribution in [2.45, 2.75) is 45.3 Å². The lowest BCUT2D eigenvalue weighted by Crippen LogP contribution is -2.59. The number of hydrogen-bond acceptors (Lipinski definition) is 3. The van der Waals surface area contributed by atoms with Crippen LogP contribution in [0.5, 0.6) is 0 Å². The van der Waals surface area contributed by atoms with E-state index in [9.17, 15) is 4.79 Å². The van der Waals surface area contributed by atoms with Gasteiger partial charge in [0.1, 0.15) is 0 Å². The Balaban J connectivity index is 2.30. The molecule has 0 saturated carbocycles. The number of hydrogen-bond donors (Lipinski definition) is 3. The minimum absolute atomic E-state index is 0.0693. The lowest BCUT2D eigenvalue weighted by molar-refractivity contribution is -0.124. The van der Waals surface area contributed by atoms with Crippen LogP contribution in [0, 0.1) is 0 Å². The van der Waals surface area contributed by atoms with Gasteiger partial charge in [-0.2, -0.15) is 0 Å². The SMILES string of the molecule is CCC(C)NC(=O)C1CNC(C)CN1. The predicted molar refractivity (Wildman–Crippen MR) is 57.2 cm³/mol. The van der Waals surface area contributed by atoms with E-state index >= 15 is 0 Å². The maximum absolute atomic E-state index is 11.7. The fourth-order valence-corrected chi connectivity index (χ4v) is 1.41. The van der Waals surface area contributed by atoms with Crippen LogP contribution >= 0.6 is 0 Å². The van der Waals surface area contributed by atoms with E-state index in [1.165, 1.54) is 0 Å². The molecule has 4 nitrogen and oxygen atoms in total. The zero-order chi connectivity index (χ0) is 10.6. The molecule has 1 saturated heterocycles. The highest BCUT2D eigenvalue weighted by atomic mass is 16.2. The van der Waals surface area contributed by atoms with Gasteiger partial charge in [0, 0.05) is 25.2 Å². The van der Waals surface area contributed by atoms with E-state index in [1.54, 1.807) is 0 Å². The molecule has 1 amide bonds. The Labute approximate surface area is 85.8 Å². The zero-order valence-electron chi connectivity index (χ0n) is 9.26. The summed E-state index contributed by atoms with van der Waals surface area (Å²) >= 11 is 0. The topological polar surface area (TPSA) is 53.2 Å². The molecule has 0 aromatic heterocycles. The first-order valence-electron chi connectivity index (χ1n) is 5.40. The normalized spacial score (nSPS) is 29.6. The summed E-state index contributed by atoms with van der Waals surface area (Å²) in [5.41, 5.74) is 0. The number of carbonyl (C=O) groups is 1. The van der Waals surface area contributed by atoms with Gasteiger partial charge in [-0.3, -0.25) is 4.79 Å². The first kappa shape index (κ1) is 11.5. The molecule has 14 heavy (non-hydrogen) atoms. The van der Waals surface area contributed by atoms with Crippen LogP contribution in [0.3, 0.4) is 0 Å². The monoisotopic (exact) mass is 199 g/mol. The van der Waals surface area contributed by atoms with Crippen molar-refractivity contribution in [1.82, 2.24) is 16.0 Å². The van der Waals surface area contributed by atoms with Crippen LogP contribution in [0.4, 0.5) is 0 Å². The second-order valence-corrected chi connectivity index (χ2v) is 4.09. The Morgan fingerprint density at radius 1 is 1.50 bits per heavy atom. The number of amides is 1. The van der Waals surface area contributed by atoms with Crippen molar-refractivity contribution in [3.63, 3.8) is 0 Å². The third-order valence-corrected chi connectivity index (χ3v) is 2.66. The number of nitrogens with one attached hydrogen (secondary N) is 3. The molecule has 0 radical (unpaired) electrons. The fourth-order valence-electron chi connectivity index (χ4n) is 1.41. The van der Waals surface area contributed by atoms with Gasteiger partial charge in [-0.15, -0.1) is 0 Å². The second-order valence-electron chi connectivity index (χ2n) is 4.09. The lowest BCUT2D eigenvalue weighted by Gasteiger charge is -2.29. The number of carbonyl (C=O) groups excluding carboxylic acids is 1. The smallest absolute Gasteiger partial charge is 0.238 e. The van der Waals surface area contributed by atoms with E-state index in [-0.39, 0.29) is 18.0 Å². The first-order chi connectivity index (χ1) is 6.63. The summed E-state index contributed by atoms with van der Waals surface area (Å²) in [4.78, 5) is 11.7. The fraction of sp³-hybridized carbons (Fsp3) is 0.900. The molecule has 0 bridgehead atoms. The summed E-state index contributed by atoms with van der Waals surface area (Å²) in [5.74, 6) is 0.110. The van der Waals surface area contributed by atoms with E-state index in [1.807, 2.05) is 6.92 Å². The minimum atomic E-state index is -0.0693. The molecule has 0 spiro atoms. The summed E-state index contributed by atoms with van der Waals surface area (Å²) in [6.07, 6.45) is 0.974. The third-order valence-electron chi connectivity index (χ3n) is 2.66. The summed E-state index contributed by atoms with van der Waals surface area (Å²) in [6, 6.07) is 0.659. The highest BCUT2D eigenvalue weighted by Crippen LogP contribution is 1.95. The minimum Gasteiger partial charge on any atom is -0.352 e. The molecule has 1 rings (SSSR count). The van der Waals surface area contributed by atoms with Crippen LogP contribution < -0.4 is 16.0 Å². The van der Waals surface area contributed by atoms with Gasteiger partial charge >= 0.3 is 0 Å². The Hall–Kier alpha value is -0.610. The van der Waals surface area contributed by atoms with Crippen LogP contribution in [-0.4, -0.2) is 37.1 Å². The van der Waals surface area contributed by atoms with E-state index < -0.39 is 0 Å². The van der Waals surface area contributed by atoms with Crippen molar-refractivity contribution in [2.75, 3.05) is 13.1 Å². The Kier molecular flexibility index (Phi) is 4.35. The van der Waals surface area contributed by atoms with Crippen molar-refractivity contribution in [1.29, 1.82) is 0 Å². The standard InChI is InChI=1S/C10H21N3O/c1-4-7(2)13-10(14)9-6-11-8(3)5-12-9/h7-9,11-12H,4-6H2,1-3H3,(H,13,14). The van der Waals surface area contributed by atoms with Gasteiger partial charge in [0.15, 0.2) is 0 Å². The molecule has 4 heteroatoms. The number of rotatable bonds is 3. The molecule has 1 aliphatic rings. The molecular formula is C10H21N3O. The molecule has 3 N–H and O–H groups in total. The van der Waals surface area contributed by atoms with Crippen LogP contribution in [-0.2, 0) is 4.79 Å². The average Bonchev–Trinajstić information content (AvgIpc) is 2.18. The van der Waals surface area contributed by atoms with Gasteiger partial charge in [-0.25, -0.2) is 0 Å². The van der Waals surface area contributed by atoms with Crippen molar-refractivity contribution in [3.8, 4) is 0 Å².